The summed E-state index contributed by atoms with van der Waals surface area (Å²) < 4.78 is 0. The van der Waals surface area contributed by atoms with E-state index in [9.17, 15) is 9.59 Å². The van der Waals surface area contributed by atoms with Crippen LogP contribution in [0.4, 0.5) is 0 Å². The van der Waals surface area contributed by atoms with Gasteiger partial charge in [-0.05, 0) is 31.6 Å². The minimum Gasteiger partial charge on any atom is -0.481 e. The maximum Gasteiger partial charge on any atom is 0.323 e. The zero-order valence-corrected chi connectivity index (χ0v) is 7.69. The smallest absolute Gasteiger partial charge is 0.323 e. The third kappa shape index (κ3) is 0.930. The van der Waals surface area contributed by atoms with Crippen LogP contribution in [0.3, 0.4) is 0 Å². The average molecular weight is 199 g/mol. The number of aliphatic carboxylic acids is 2. The van der Waals surface area contributed by atoms with E-state index in [0.29, 0.717) is 19.3 Å². The van der Waals surface area contributed by atoms with Crippen LogP contribution in [0.25, 0.3) is 0 Å². The number of carboxylic acids is 2. The molecular formula is C9H13NO4. The Morgan fingerprint density at radius 2 is 1.71 bits per heavy atom. The van der Waals surface area contributed by atoms with Crippen LogP contribution in [0.2, 0.25) is 0 Å². The van der Waals surface area contributed by atoms with Crippen LogP contribution in [0.15, 0.2) is 0 Å². The maximum absolute atomic E-state index is 10.9. The summed E-state index contributed by atoms with van der Waals surface area (Å²) in [4.78, 5) is 21.8. The van der Waals surface area contributed by atoms with Crippen molar-refractivity contribution in [1.29, 1.82) is 0 Å². The highest BCUT2D eigenvalue weighted by Crippen LogP contribution is 2.58. The minimum atomic E-state index is -1.18. The molecule has 3 rings (SSSR count). The average Bonchev–Trinajstić information content (AvgIpc) is 2.01. The fourth-order valence-electron chi connectivity index (χ4n) is 2.67. The number of carbonyl (C=O) groups is 2. The summed E-state index contributed by atoms with van der Waals surface area (Å²) in [5.74, 6) is -1.97. The third-order valence-corrected chi connectivity index (χ3v) is 3.87. The van der Waals surface area contributed by atoms with Crippen LogP contribution in [0.1, 0.15) is 25.7 Å². The zero-order chi connectivity index (χ0) is 10.6. The van der Waals surface area contributed by atoms with Gasteiger partial charge in [-0.1, -0.05) is 0 Å². The van der Waals surface area contributed by atoms with Crippen molar-refractivity contribution < 1.29 is 19.8 Å². The van der Waals surface area contributed by atoms with Crippen LogP contribution in [-0.4, -0.2) is 27.7 Å². The summed E-state index contributed by atoms with van der Waals surface area (Å²) in [6, 6.07) is 0. The molecule has 2 bridgehead atoms. The lowest BCUT2D eigenvalue weighted by atomic mass is 9.48. The Hall–Kier alpha value is -1.10. The van der Waals surface area contributed by atoms with Crippen LogP contribution < -0.4 is 5.73 Å². The number of carboxylic acid groups (broad SMARTS) is 2. The first-order valence-electron chi connectivity index (χ1n) is 4.66. The SMILES string of the molecule is NC1(C(=O)O)CCC2(C(=O)O)CC1C2. The molecule has 5 heteroatoms. The van der Waals surface area contributed by atoms with Gasteiger partial charge in [-0.2, -0.15) is 0 Å². The summed E-state index contributed by atoms with van der Waals surface area (Å²) in [7, 11) is 0. The molecule has 0 saturated heterocycles. The zero-order valence-electron chi connectivity index (χ0n) is 7.69. The van der Waals surface area contributed by atoms with Gasteiger partial charge in [0, 0.05) is 0 Å². The van der Waals surface area contributed by atoms with Crippen molar-refractivity contribution in [3.63, 3.8) is 0 Å². The molecule has 0 aromatic carbocycles. The molecule has 78 valence electrons. The summed E-state index contributed by atoms with van der Waals surface area (Å²) in [5, 5.41) is 17.9. The lowest BCUT2D eigenvalue weighted by Crippen LogP contribution is -2.66. The molecule has 3 saturated carbocycles. The van der Waals surface area contributed by atoms with Gasteiger partial charge in [-0.3, -0.25) is 9.59 Å². The van der Waals surface area contributed by atoms with Gasteiger partial charge in [0.15, 0.2) is 0 Å². The first kappa shape index (κ1) is 9.45. The van der Waals surface area contributed by atoms with Crippen molar-refractivity contribution in [2.24, 2.45) is 17.1 Å². The second kappa shape index (κ2) is 2.48. The summed E-state index contributed by atoms with van der Waals surface area (Å²) in [5.41, 5.74) is 3.90. The van der Waals surface area contributed by atoms with E-state index in [1.54, 1.807) is 0 Å². The predicted molar refractivity (Wildman–Crippen MR) is 46.6 cm³/mol. The van der Waals surface area contributed by atoms with Crippen LogP contribution in [-0.2, 0) is 9.59 Å². The quantitative estimate of drug-likeness (QED) is 0.583. The van der Waals surface area contributed by atoms with Gasteiger partial charge in [0.2, 0.25) is 0 Å². The van der Waals surface area contributed by atoms with Gasteiger partial charge in [-0.15, -0.1) is 0 Å². The molecule has 0 spiro atoms. The third-order valence-electron chi connectivity index (χ3n) is 3.87. The molecule has 5 nitrogen and oxygen atoms in total. The molecule has 3 aliphatic carbocycles. The van der Waals surface area contributed by atoms with Crippen molar-refractivity contribution >= 4 is 11.9 Å². The number of hydrogen-bond donors (Lipinski definition) is 3. The molecule has 1 unspecified atom stereocenters. The van der Waals surface area contributed by atoms with Crippen molar-refractivity contribution in [3.8, 4) is 0 Å². The molecule has 0 aromatic rings. The molecule has 1 atom stereocenters. The van der Waals surface area contributed by atoms with Crippen LogP contribution >= 0.6 is 0 Å². The summed E-state index contributed by atoms with van der Waals surface area (Å²) >= 11 is 0. The predicted octanol–water partition coefficient (Wildman–Crippen LogP) is 0.0433. The molecule has 0 amide bonds. The van der Waals surface area contributed by atoms with Crippen LogP contribution in [0, 0.1) is 11.3 Å². The molecular weight excluding hydrogens is 186 g/mol. The maximum atomic E-state index is 10.9. The Kier molecular flexibility index (Phi) is 1.67. The molecule has 0 heterocycles. The number of hydrogen-bond acceptors (Lipinski definition) is 3. The van der Waals surface area contributed by atoms with E-state index in [1.165, 1.54) is 0 Å². The van der Waals surface area contributed by atoms with Crippen molar-refractivity contribution in [2.75, 3.05) is 0 Å². The van der Waals surface area contributed by atoms with E-state index in [0.717, 1.165) is 0 Å². The number of nitrogens with two attached hydrogens (primary N) is 1. The second-order valence-electron chi connectivity index (χ2n) is 4.54. The minimum absolute atomic E-state index is 0.162. The largest absolute Gasteiger partial charge is 0.481 e. The topological polar surface area (TPSA) is 101 Å². The first-order valence-corrected chi connectivity index (χ1v) is 4.66. The summed E-state index contributed by atoms with van der Waals surface area (Å²) in [6.07, 6.45) is 1.51. The van der Waals surface area contributed by atoms with Gasteiger partial charge in [0.25, 0.3) is 0 Å². The molecule has 0 aliphatic heterocycles. The van der Waals surface area contributed by atoms with Gasteiger partial charge in [0.05, 0.1) is 5.41 Å². The Bertz CT molecular complexity index is 302. The normalized spacial score (nSPS) is 45.4. The van der Waals surface area contributed by atoms with Gasteiger partial charge in [-0.25, -0.2) is 0 Å². The van der Waals surface area contributed by atoms with E-state index in [-0.39, 0.29) is 12.3 Å². The lowest BCUT2D eigenvalue weighted by Gasteiger charge is -2.56. The Morgan fingerprint density at radius 1 is 1.14 bits per heavy atom. The second-order valence-corrected chi connectivity index (χ2v) is 4.54. The highest BCUT2D eigenvalue weighted by molar-refractivity contribution is 5.83. The highest BCUT2D eigenvalue weighted by atomic mass is 16.4. The lowest BCUT2D eigenvalue weighted by molar-refractivity contribution is -0.177. The van der Waals surface area contributed by atoms with E-state index < -0.39 is 22.9 Å². The van der Waals surface area contributed by atoms with Gasteiger partial charge < -0.3 is 15.9 Å². The molecule has 14 heavy (non-hydrogen) atoms. The Labute approximate surface area is 80.9 Å². The van der Waals surface area contributed by atoms with E-state index in [4.69, 9.17) is 15.9 Å². The van der Waals surface area contributed by atoms with Crippen molar-refractivity contribution in [2.45, 2.75) is 31.2 Å². The number of fused-ring (bicyclic) bond motifs is 2. The first-order chi connectivity index (χ1) is 6.41. The van der Waals surface area contributed by atoms with Crippen molar-refractivity contribution in [3.05, 3.63) is 0 Å². The van der Waals surface area contributed by atoms with Crippen molar-refractivity contribution in [1.82, 2.24) is 0 Å². The standard InChI is InChI=1S/C9H13NO4/c10-9(7(13)14)2-1-8(6(11)12)3-5(9)4-8/h5H,1-4,10H2,(H,11,12)(H,13,14). The fraction of sp³-hybridized carbons (Fsp3) is 0.778. The molecule has 0 radical (unpaired) electrons. The Morgan fingerprint density at radius 3 is 2.00 bits per heavy atom. The molecule has 0 aromatic heterocycles. The van der Waals surface area contributed by atoms with E-state index in [2.05, 4.69) is 0 Å². The highest BCUT2D eigenvalue weighted by Gasteiger charge is 2.63. The molecule has 3 fully saturated rings. The molecule has 4 N–H and O–H groups in total. The van der Waals surface area contributed by atoms with Gasteiger partial charge >= 0.3 is 11.9 Å². The van der Waals surface area contributed by atoms with Gasteiger partial charge in [0.1, 0.15) is 5.54 Å². The molecule has 3 aliphatic rings. The van der Waals surface area contributed by atoms with E-state index in [1.807, 2.05) is 0 Å². The Balaban J connectivity index is 2.17. The number of rotatable bonds is 2. The van der Waals surface area contributed by atoms with E-state index >= 15 is 0 Å². The van der Waals surface area contributed by atoms with Crippen LogP contribution in [0.5, 0.6) is 0 Å². The monoisotopic (exact) mass is 199 g/mol. The summed E-state index contributed by atoms with van der Waals surface area (Å²) in [6.45, 7) is 0. The fourth-order valence-corrected chi connectivity index (χ4v) is 2.67.